The molecule has 0 radical (unpaired) electrons. The van der Waals surface area contributed by atoms with Crippen LogP contribution in [-0.4, -0.2) is 122 Å². The van der Waals surface area contributed by atoms with Gasteiger partial charge in [0.15, 0.2) is 0 Å². The van der Waals surface area contributed by atoms with Crippen LogP contribution in [0.15, 0.2) is 17.5 Å². The molecule has 1 saturated carbocycles. The molecule has 3 aliphatic heterocycles. The van der Waals surface area contributed by atoms with Gasteiger partial charge >= 0.3 is 0 Å². The van der Waals surface area contributed by atoms with E-state index in [1.54, 1.807) is 4.90 Å². The van der Waals surface area contributed by atoms with Gasteiger partial charge in [0.25, 0.3) is 5.91 Å². The maximum absolute atomic E-state index is 13.6. The van der Waals surface area contributed by atoms with Gasteiger partial charge in [0, 0.05) is 64.8 Å². The Labute approximate surface area is 205 Å². The molecule has 1 aromatic heterocycles. The van der Waals surface area contributed by atoms with Gasteiger partial charge in [-0.25, -0.2) is 0 Å². The highest BCUT2D eigenvalue weighted by atomic mass is 32.1. The molecule has 1 aromatic rings. The van der Waals surface area contributed by atoms with Gasteiger partial charge in [-0.2, -0.15) is 0 Å². The van der Waals surface area contributed by atoms with E-state index in [1.807, 2.05) is 27.3 Å². The second-order valence-electron chi connectivity index (χ2n) is 9.68. The van der Waals surface area contributed by atoms with Crippen molar-refractivity contribution in [3.05, 3.63) is 22.4 Å². The number of ether oxygens (including phenoxy) is 1. The molecule has 5 rings (SSSR count). The number of carbonyl (C=O) groups excluding carboxylic acids is 3. The lowest BCUT2D eigenvalue weighted by Gasteiger charge is -2.33. The third-order valence-corrected chi connectivity index (χ3v) is 8.25. The Morgan fingerprint density at radius 2 is 1.85 bits per heavy atom. The minimum Gasteiger partial charge on any atom is -0.379 e. The molecule has 34 heavy (non-hydrogen) atoms. The molecule has 3 amide bonds. The normalized spacial score (nSPS) is 26.0. The number of piperazine rings is 1. The van der Waals surface area contributed by atoms with Crippen molar-refractivity contribution in [2.75, 3.05) is 72.1 Å². The van der Waals surface area contributed by atoms with E-state index in [1.165, 1.54) is 11.3 Å². The SMILES string of the molecule is O=C(C1CC(N(CCN2CCOCC2)C(=O)c2cccs2)CN1C(=O)C1CC1)N1CCNCC1. The van der Waals surface area contributed by atoms with E-state index in [-0.39, 0.29) is 29.7 Å². The second-order valence-corrected chi connectivity index (χ2v) is 10.6. The van der Waals surface area contributed by atoms with E-state index in [0.717, 1.165) is 45.6 Å². The van der Waals surface area contributed by atoms with E-state index in [9.17, 15) is 14.4 Å². The number of hydrogen-bond donors (Lipinski definition) is 1. The maximum Gasteiger partial charge on any atom is 0.264 e. The smallest absolute Gasteiger partial charge is 0.264 e. The van der Waals surface area contributed by atoms with Gasteiger partial charge < -0.3 is 24.8 Å². The highest BCUT2D eigenvalue weighted by Crippen LogP contribution is 2.35. The maximum atomic E-state index is 13.6. The topological polar surface area (TPSA) is 85.4 Å². The lowest BCUT2D eigenvalue weighted by molar-refractivity contribution is -0.144. The summed E-state index contributed by atoms with van der Waals surface area (Å²) in [7, 11) is 0. The molecule has 2 unspecified atom stereocenters. The van der Waals surface area contributed by atoms with Crippen molar-refractivity contribution in [3.63, 3.8) is 0 Å². The fraction of sp³-hybridized carbons (Fsp3) is 0.708. The zero-order valence-corrected chi connectivity index (χ0v) is 20.5. The molecule has 4 fully saturated rings. The van der Waals surface area contributed by atoms with Crippen LogP contribution in [0.3, 0.4) is 0 Å². The number of nitrogens with zero attached hydrogens (tertiary/aromatic N) is 4. The predicted molar refractivity (Wildman–Crippen MR) is 129 cm³/mol. The van der Waals surface area contributed by atoms with Gasteiger partial charge in [-0.3, -0.25) is 19.3 Å². The van der Waals surface area contributed by atoms with Crippen molar-refractivity contribution in [1.82, 2.24) is 24.9 Å². The molecule has 4 aliphatic rings. The quantitative estimate of drug-likeness (QED) is 0.595. The molecule has 1 N–H and O–H groups in total. The number of amides is 3. The zero-order valence-electron chi connectivity index (χ0n) is 19.7. The van der Waals surface area contributed by atoms with E-state index < -0.39 is 6.04 Å². The van der Waals surface area contributed by atoms with Crippen LogP contribution >= 0.6 is 11.3 Å². The summed E-state index contributed by atoms with van der Waals surface area (Å²) in [6.45, 7) is 7.84. The largest absolute Gasteiger partial charge is 0.379 e. The highest BCUT2D eigenvalue weighted by Gasteiger charge is 2.47. The average Bonchev–Trinajstić information content (AvgIpc) is 3.40. The van der Waals surface area contributed by atoms with Crippen LogP contribution in [0.1, 0.15) is 28.9 Å². The Morgan fingerprint density at radius 1 is 1.09 bits per heavy atom. The van der Waals surface area contributed by atoms with Gasteiger partial charge in [-0.05, 0) is 30.7 Å². The summed E-state index contributed by atoms with van der Waals surface area (Å²) >= 11 is 1.44. The van der Waals surface area contributed by atoms with Gasteiger partial charge in [0.1, 0.15) is 6.04 Å². The third-order valence-electron chi connectivity index (χ3n) is 7.40. The summed E-state index contributed by atoms with van der Waals surface area (Å²) in [5, 5.41) is 5.21. The number of rotatable bonds is 7. The number of carbonyl (C=O) groups is 3. The van der Waals surface area contributed by atoms with Crippen LogP contribution in [-0.2, 0) is 14.3 Å². The molecule has 3 saturated heterocycles. The summed E-state index contributed by atoms with van der Waals surface area (Å²) in [5.74, 6) is 0.177. The van der Waals surface area contributed by atoms with Crippen molar-refractivity contribution in [2.45, 2.75) is 31.3 Å². The van der Waals surface area contributed by atoms with E-state index in [0.29, 0.717) is 50.7 Å². The summed E-state index contributed by atoms with van der Waals surface area (Å²) in [5.41, 5.74) is 0. The minimum absolute atomic E-state index is 0.00218. The first-order valence-electron chi connectivity index (χ1n) is 12.6. The van der Waals surface area contributed by atoms with E-state index in [2.05, 4.69) is 10.2 Å². The molecule has 0 bridgehead atoms. The fourth-order valence-electron chi connectivity index (χ4n) is 5.24. The number of nitrogens with one attached hydrogen (secondary N) is 1. The Balaban J connectivity index is 1.34. The van der Waals surface area contributed by atoms with Gasteiger partial charge in [0.2, 0.25) is 11.8 Å². The van der Waals surface area contributed by atoms with Crippen LogP contribution in [0, 0.1) is 5.92 Å². The van der Waals surface area contributed by atoms with Gasteiger partial charge in [-0.15, -0.1) is 11.3 Å². The monoisotopic (exact) mass is 489 g/mol. The third kappa shape index (κ3) is 5.30. The van der Waals surface area contributed by atoms with Crippen LogP contribution < -0.4 is 5.32 Å². The van der Waals surface area contributed by atoms with Crippen LogP contribution in [0.2, 0.25) is 0 Å². The van der Waals surface area contributed by atoms with E-state index >= 15 is 0 Å². The molecule has 9 nitrogen and oxygen atoms in total. The Kier molecular flexibility index (Phi) is 7.48. The molecule has 1 aliphatic carbocycles. The summed E-state index contributed by atoms with van der Waals surface area (Å²) in [6, 6.07) is 3.13. The zero-order chi connectivity index (χ0) is 23.5. The van der Waals surface area contributed by atoms with Gasteiger partial charge in [-0.1, -0.05) is 6.07 Å². The number of hydrogen-bond acceptors (Lipinski definition) is 7. The lowest BCUT2D eigenvalue weighted by atomic mass is 10.1. The first kappa shape index (κ1) is 23.7. The van der Waals surface area contributed by atoms with Crippen molar-refractivity contribution in [1.29, 1.82) is 0 Å². The fourth-order valence-corrected chi connectivity index (χ4v) is 5.92. The molecule has 10 heteroatoms. The van der Waals surface area contributed by atoms with Gasteiger partial charge in [0.05, 0.1) is 24.1 Å². The molecule has 186 valence electrons. The lowest BCUT2D eigenvalue weighted by Crippen LogP contribution is -2.53. The molecule has 0 aromatic carbocycles. The molecule has 4 heterocycles. The predicted octanol–water partition coefficient (Wildman–Crippen LogP) is 0.334. The standard InChI is InChI=1S/C24H35N5O4S/c30-22(18-3-4-18)29-17-19(16-20(29)23(31)27-7-5-25-6-8-27)28(24(32)21-2-1-15-34-21)10-9-26-11-13-33-14-12-26/h1-2,15,18-20,25H,3-14,16-17H2. The summed E-state index contributed by atoms with van der Waals surface area (Å²) in [4.78, 5) is 48.9. The van der Waals surface area contributed by atoms with Crippen molar-refractivity contribution in [2.24, 2.45) is 5.92 Å². The van der Waals surface area contributed by atoms with Crippen molar-refractivity contribution >= 4 is 29.1 Å². The van der Waals surface area contributed by atoms with Crippen molar-refractivity contribution < 1.29 is 19.1 Å². The molecule has 2 atom stereocenters. The Hall–Kier alpha value is -2.01. The first-order valence-corrected chi connectivity index (χ1v) is 13.4. The number of thiophene rings is 1. The average molecular weight is 490 g/mol. The number of likely N-dealkylation sites (tertiary alicyclic amines) is 1. The second kappa shape index (κ2) is 10.7. The Bertz CT molecular complexity index is 865. The highest BCUT2D eigenvalue weighted by molar-refractivity contribution is 7.12. The van der Waals surface area contributed by atoms with Crippen LogP contribution in [0.5, 0.6) is 0 Å². The summed E-state index contributed by atoms with van der Waals surface area (Å²) < 4.78 is 5.47. The van der Waals surface area contributed by atoms with Crippen molar-refractivity contribution in [3.8, 4) is 0 Å². The molecular weight excluding hydrogens is 454 g/mol. The van der Waals surface area contributed by atoms with E-state index in [4.69, 9.17) is 4.74 Å². The minimum atomic E-state index is -0.474. The Morgan fingerprint density at radius 3 is 2.53 bits per heavy atom. The van der Waals surface area contributed by atoms with Crippen LogP contribution in [0.4, 0.5) is 0 Å². The number of morpholine rings is 1. The molecule has 0 spiro atoms. The summed E-state index contributed by atoms with van der Waals surface area (Å²) in [6.07, 6.45) is 2.33. The first-order chi connectivity index (χ1) is 16.6. The van der Waals surface area contributed by atoms with Crippen LogP contribution in [0.25, 0.3) is 0 Å². The molecular formula is C24H35N5O4S.